The van der Waals surface area contributed by atoms with Gasteiger partial charge in [0.2, 0.25) is 0 Å². The van der Waals surface area contributed by atoms with Crippen LogP contribution >= 0.6 is 0 Å². The van der Waals surface area contributed by atoms with Crippen molar-refractivity contribution >= 4 is 17.4 Å². The Kier molecular flexibility index (Phi) is 10.4. The van der Waals surface area contributed by atoms with Crippen molar-refractivity contribution in [2.45, 2.75) is 64.8 Å². The first-order valence-corrected chi connectivity index (χ1v) is 16.2. The lowest BCUT2D eigenvalue weighted by Gasteiger charge is -2.41. The highest BCUT2D eigenvalue weighted by atomic mass is 19.1. The molecule has 0 aliphatic carbocycles. The molecule has 0 N–H and O–H groups in total. The number of rotatable bonds is 12. The Labute approximate surface area is 282 Å². The van der Waals surface area contributed by atoms with Gasteiger partial charge in [0.1, 0.15) is 24.0 Å². The second-order valence-corrected chi connectivity index (χ2v) is 13.2. The molecule has 1 aliphatic rings. The molecule has 0 spiro atoms. The molecule has 0 saturated carbocycles. The molecule has 2 aromatic carbocycles. The molecule has 0 radical (unpaired) electrons. The summed E-state index contributed by atoms with van der Waals surface area (Å²) in [5.41, 5.74) is 3.75. The van der Waals surface area contributed by atoms with E-state index in [4.69, 9.17) is 29.0 Å². The first kappa shape index (κ1) is 34.8. The second-order valence-electron chi connectivity index (χ2n) is 13.2. The third kappa shape index (κ3) is 7.61. The van der Waals surface area contributed by atoms with Gasteiger partial charge < -0.3 is 23.8 Å². The van der Waals surface area contributed by atoms with Crippen molar-refractivity contribution in [1.29, 1.82) is 0 Å². The smallest absolute Gasteiger partial charge is 0.339 e. The zero-order valence-electron chi connectivity index (χ0n) is 28.7. The van der Waals surface area contributed by atoms with Crippen LogP contribution in [0.5, 0.6) is 5.75 Å². The van der Waals surface area contributed by atoms with Crippen LogP contribution in [-0.4, -0.2) is 65.2 Å². The number of benzene rings is 2. The van der Waals surface area contributed by atoms with Crippen LogP contribution in [0.25, 0.3) is 28.0 Å². The van der Waals surface area contributed by atoms with Crippen LogP contribution in [0.3, 0.4) is 0 Å². The summed E-state index contributed by atoms with van der Waals surface area (Å²) in [5.74, 6) is 0.387. The van der Waals surface area contributed by atoms with Gasteiger partial charge in [-0.1, -0.05) is 36.9 Å². The Hall–Kier alpha value is -4.54. The van der Waals surface area contributed by atoms with Crippen molar-refractivity contribution in [2.24, 2.45) is 0 Å². The average Bonchev–Trinajstić information content (AvgIpc) is 3.49. The minimum absolute atomic E-state index is 0.294. The summed E-state index contributed by atoms with van der Waals surface area (Å²) < 4.78 is 39.8. The van der Waals surface area contributed by atoms with E-state index in [1.165, 1.54) is 19.2 Å². The number of hydrogen-bond acceptors (Lipinski definition) is 8. The maximum atomic E-state index is 14.4. The number of esters is 1. The van der Waals surface area contributed by atoms with E-state index in [9.17, 15) is 9.18 Å². The van der Waals surface area contributed by atoms with Crippen molar-refractivity contribution in [1.82, 2.24) is 14.6 Å². The van der Waals surface area contributed by atoms with E-state index in [-0.39, 0.29) is 11.4 Å². The highest BCUT2D eigenvalue weighted by Crippen LogP contribution is 2.39. The SMILES string of the molecule is C=CCOc1ccc(F)cc1-c1cccc(-c2cc3nc(C)c(C(OC(C)(C)C)C(=O)OC)c(N4CCC(C)(OCC=C)CC4)n3n2)c1. The highest BCUT2D eigenvalue weighted by Gasteiger charge is 2.38. The Morgan fingerprint density at radius 3 is 2.44 bits per heavy atom. The van der Waals surface area contributed by atoms with Crippen molar-refractivity contribution in [3.05, 3.63) is 90.9 Å². The van der Waals surface area contributed by atoms with Crippen molar-refractivity contribution in [3.8, 4) is 28.1 Å². The summed E-state index contributed by atoms with van der Waals surface area (Å²) in [6.45, 7) is 19.3. The number of carbonyl (C=O) groups excluding carboxylic acids is 1. The van der Waals surface area contributed by atoms with Gasteiger partial charge in [-0.05, 0) is 77.3 Å². The van der Waals surface area contributed by atoms with E-state index in [0.717, 1.165) is 29.8 Å². The number of methoxy groups -OCH3 is 1. The number of nitrogens with zero attached hydrogens (tertiary/aromatic N) is 4. The van der Waals surface area contributed by atoms with E-state index in [2.05, 4.69) is 25.0 Å². The van der Waals surface area contributed by atoms with Gasteiger partial charge in [0.05, 0.1) is 36.2 Å². The molecular weight excluding hydrogens is 611 g/mol. The molecule has 254 valence electrons. The van der Waals surface area contributed by atoms with Crippen LogP contribution in [0.2, 0.25) is 0 Å². The third-order valence-electron chi connectivity index (χ3n) is 8.39. The highest BCUT2D eigenvalue weighted by molar-refractivity contribution is 5.81. The van der Waals surface area contributed by atoms with Crippen LogP contribution in [0.1, 0.15) is 57.9 Å². The van der Waals surface area contributed by atoms with E-state index in [0.29, 0.717) is 60.2 Å². The van der Waals surface area contributed by atoms with Gasteiger partial charge in [0, 0.05) is 36.0 Å². The maximum Gasteiger partial charge on any atom is 0.339 e. The lowest BCUT2D eigenvalue weighted by molar-refractivity contribution is -0.164. The Bertz CT molecular complexity index is 1800. The molecule has 48 heavy (non-hydrogen) atoms. The van der Waals surface area contributed by atoms with Gasteiger partial charge in [-0.15, -0.1) is 6.58 Å². The number of aryl methyl sites for hydroxylation is 1. The average molecular weight is 657 g/mol. The number of hydrogen-bond donors (Lipinski definition) is 0. The van der Waals surface area contributed by atoms with Gasteiger partial charge in [-0.2, -0.15) is 9.61 Å². The zero-order valence-corrected chi connectivity index (χ0v) is 28.7. The van der Waals surface area contributed by atoms with E-state index >= 15 is 0 Å². The van der Waals surface area contributed by atoms with Crippen LogP contribution in [0.15, 0.2) is 73.8 Å². The van der Waals surface area contributed by atoms with Gasteiger partial charge in [0.25, 0.3) is 0 Å². The van der Waals surface area contributed by atoms with Crippen LogP contribution in [0.4, 0.5) is 10.2 Å². The summed E-state index contributed by atoms with van der Waals surface area (Å²) in [6.07, 6.45) is 3.89. The molecule has 0 amide bonds. The molecule has 10 heteroatoms. The topological polar surface area (TPSA) is 87.4 Å². The summed E-state index contributed by atoms with van der Waals surface area (Å²) in [6, 6.07) is 14.1. The predicted octanol–water partition coefficient (Wildman–Crippen LogP) is 7.67. The van der Waals surface area contributed by atoms with E-state index in [1.54, 1.807) is 22.7 Å². The number of fused-ring (bicyclic) bond motifs is 1. The number of halogens is 1. The summed E-state index contributed by atoms with van der Waals surface area (Å²) in [5, 5.41) is 5.08. The molecule has 5 rings (SSSR count). The molecule has 3 heterocycles. The minimum atomic E-state index is -1.04. The van der Waals surface area contributed by atoms with Crippen LogP contribution < -0.4 is 9.64 Å². The molecule has 1 unspecified atom stereocenters. The van der Waals surface area contributed by atoms with Crippen molar-refractivity contribution in [2.75, 3.05) is 38.3 Å². The van der Waals surface area contributed by atoms with Crippen molar-refractivity contribution < 1.29 is 28.1 Å². The van der Waals surface area contributed by atoms with Crippen LogP contribution in [-0.2, 0) is 19.0 Å². The maximum absolute atomic E-state index is 14.4. The third-order valence-corrected chi connectivity index (χ3v) is 8.39. The number of piperidine rings is 1. The summed E-state index contributed by atoms with van der Waals surface area (Å²) in [7, 11) is 1.36. The number of ether oxygens (including phenoxy) is 4. The molecule has 1 saturated heterocycles. The molecule has 1 aliphatic heterocycles. The molecule has 4 aromatic rings. The molecular formula is C38H45FN4O5. The largest absolute Gasteiger partial charge is 0.489 e. The molecule has 2 aromatic heterocycles. The number of aromatic nitrogens is 3. The van der Waals surface area contributed by atoms with Gasteiger partial charge >= 0.3 is 5.97 Å². The molecule has 1 atom stereocenters. The van der Waals surface area contributed by atoms with E-state index < -0.39 is 17.7 Å². The standard InChI is InChI=1S/C38H45FN4O5/c1-9-20-46-31-15-14-28(39)23-29(31)26-12-11-13-27(22-26)30-24-32-40-25(3)33(34(36(44)45-8)48-37(4,5)6)35(43(32)41-30)42-18-16-38(7,17-19-42)47-21-10-2/h9-15,22-24,34H,1-2,16-21H2,3-8H3. The molecule has 9 nitrogen and oxygen atoms in total. The first-order chi connectivity index (χ1) is 22.9. The fraction of sp³-hybridized carbons (Fsp3) is 0.395. The molecule has 0 bridgehead atoms. The summed E-state index contributed by atoms with van der Waals surface area (Å²) in [4.78, 5) is 20.5. The Morgan fingerprint density at radius 1 is 1.06 bits per heavy atom. The molecule has 1 fully saturated rings. The van der Waals surface area contributed by atoms with E-state index in [1.807, 2.05) is 58.0 Å². The number of anilines is 1. The van der Waals surface area contributed by atoms with Gasteiger partial charge in [-0.3, -0.25) is 0 Å². The second kappa shape index (κ2) is 14.3. The fourth-order valence-electron chi connectivity index (χ4n) is 6.00. The van der Waals surface area contributed by atoms with Gasteiger partial charge in [-0.25, -0.2) is 14.2 Å². The zero-order chi connectivity index (χ0) is 34.6. The van der Waals surface area contributed by atoms with Gasteiger partial charge in [0.15, 0.2) is 11.8 Å². The summed E-state index contributed by atoms with van der Waals surface area (Å²) >= 11 is 0. The first-order valence-electron chi connectivity index (χ1n) is 16.2. The van der Waals surface area contributed by atoms with Crippen molar-refractivity contribution in [3.63, 3.8) is 0 Å². The number of carbonyl (C=O) groups is 1. The quantitative estimate of drug-likeness (QED) is 0.113. The Morgan fingerprint density at radius 2 is 1.77 bits per heavy atom. The monoisotopic (exact) mass is 656 g/mol. The predicted molar refractivity (Wildman–Crippen MR) is 186 cm³/mol. The van der Waals surface area contributed by atoms with Crippen LogP contribution in [0, 0.1) is 12.7 Å². The Balaban J connectivity index is 1.65. The lowest BCUT2D eigenvalue weighted by Crippen LogP contribution is -2.45. The normalized spacial score (nSPS) is 15.3. The minimum Gasteiger partial charge on any atom is -0.489 e. The lowest BCUT2D eigenvalue weighted by atomic mass is 9.92. The fourth-order valence-corrected chi connectivity index (χ4v) is 6.00.